The van der Waals surface area contributed by atoms with Gasteiger partial charge in [-0.1, -0.05) is 23.7 Å². The Morgan fingerprint density at radius 2 is 1.83 bits per heavy atom. The van der Waals surface area contributed by atoms with Crippen LogP contribution in [-0.4, -0.2) is 75.0 Å². The van der Waals surface area contributed by atoms with Crippen LogP contribution in [0.25, 0.3) is 11.0 Å². The number of carbonyl (C=O) groups is 2. The average molecular weight is 498 g/mol. The molecule has 1 amide bonds. The van der Waals surface area contributed by atoms with Crippen LogP contribution in [0.15, 0.2) is 58.2 Å². The lowest BCUT2D eigenvalue weighted by Crippen LogP contribution is -2.36. The zero-order chi connectivity index (χ0) is 25.4. The summed E-state index contributed by atoms with van der Waals surface area (Å²) in [7, 11) is 9.14. The van der Waals surface area contributed by atoms with E-state index < -0.39 is 23.5 Å². The summed E-state index contributed by atoms with van der Waals surface area (Å²) in [6.45, 7) is 0.892. The van der Waals surface area contributed by atoms with Crippen molar-refractivity contribution in [1.82, 2.24) is 9.80 Å². The number of ketones is 1. The molecular weight excluding hydrogens is 470 g/mol. The van der Waals surface area contributed by atoms with Gasteiger partial charge in [-0.2, -0.15) is 0 Å². The lowest BCUT2D eigenvalue weighted by Gasteiger charge is -2.28. The van der Waals surface area contributed by atoms with E-state index in [1.54, 1.807) is 18.2 Å². The van der Waals surface area contributed by atoms with Crippen molar-refractivity contribution in [2.45, 2.75) is 6.04 Å². The van der Waals surface area contributed by atoms with Crippen LogP contribution in [0.3, 0.4) is 0 Å². The van der Waals surface area contributed by atoms with Gasteiger partial charge in [0.1, 0.15) is 0 Å². The van der Waals surface area contributed by atoms with Crippen molar-refractivity contribution in [3.63, 3.8) is 0 Å². The van der Waals surface area contributed by atoms with Gasteiger partial charge in [0, 0.05) is 49.3 Å². The number of benzene rings is 2. The first-order valence-corrected chi connectivity index (χ1v) is 11.5. The van der Waals surface area contributed by atoms with Crippen molar-refractivity contribution in [2.75, 3.05) is 53.3 Å². The molecule has 35 heavy (non-hydrogen) atoms. The molecule has 1 aromatic heterocycles. The molecule has 3 aromatic rings. The van der Waals surface area contributed by atoms with E-state index in [1.807, 2.05) is 62.3 Å². The summed E-state index contributed by atoms with van der Waals surface area (Å²) in [5.74, 6) is -1.36. The zero-order valence-electron chi connectivity index (χ0n) is 20.3. The maximum atomic E-state index is 13.7. The molecule has 0 radical (unpaired) electrons. The highest BCUT2D eigenvalue weighted by Gasteiger charge is 2.44. The fraction of sp³-hybridized carbons (Fsp3) is 0.308. The molecule has 2 heterocycles. The predicted molar refractivity (Wildman–Crippen MR) is 136 cm³/mol. The van der Waals surface area contributed by atoms with E-state index in [2.05, 4.69) is 0 Å². The van der Waals surface area contributed by atoms with Crippen molar-refractivity contribution in [3.05, 3.63) is 70.1 Å². The minimum atomic E-state index is -0.759. The third-order valence-electron chi connectivity index (χ3n) is 6.05. The molecule has 0 saturated carbocycles. The molecule has 0 saturated heterocycles. The Hall–Kier alpha value is -3.49. The highest BCUT2D eigenvalue weighted by atomic mass is 35.5. The fourth-order valence-corrected chi connectivity index (χ4v) is 4.42. The Morgan fingerprint density at radius 1 is 1.14 bits per heavy atom. The number of Topliss-reactive ketones (excluding diaryl/α,β-unsaturated/α-hetero) is 1. The fourth-order valence-electron chi connectivity index (χ4n) is 4.21. The number of anilines is 1. The summed E-state index contributed by atoms with van der Waals surface area (Å²) in [5.41, 5.74) is 2.03. The van der Waals surface area contributed by atoms with E-state index in [4.69, 9.17) is 20.8 Å². The summed E-state index contributed by atoms with van der Waals surface area (Å²) in [6, 6.07) is 11.6. The van der Waals surface area contributed by atoms with Crippen LogP contribution in [0.5, 0.6) is 5.75 Å². The standard InChI is InChI=1S/C26H28ClN3O5/c1-28(2)10-11-30-22(15-6-8-18(9-7-15)29(3)4)21(24(32)26(30)33)23(31)19-13-16-12-17(27)14-20(34-5)25(16)35-19/h6-9,12-14,22,32H,10-11H2,1-5H3. The largest absolute Gasteiger partial charge is 0.503 e. The van der Waals surface area contributed by atoms with Gasteiger partial charge in [-0.15, -0.1) is 0 Å². The number of aliphatic hydroxyl groups excluding tert-OH is 1. The predicted octanol–water partition coefficient (Wildman–Crippen LogP) is 4.30. The Bertz CT molecular complexity index is 1310. The van der Waals surface area contributed by atoms with Gasteiger partial charge < -0.3 is 29.0 Å². The number of furan rings is 1. The van der Waals surface area contributed by atoms with Gasteiger partial charge in [0.25, 0.3) is 5.91 Å². The normalized spacial score (nSPS) is 16.0. The first-order chi connectivity index (χ1) is 16.6. The zero-order valence-corrected chi connectivity index (χ0v) is 21.1. The third-order valence-corrected chi connectivity index (χ3v) is 6.27. The van der Waals surface area contributed by atoms with Gasteiger partial charge in [0.15, 0.2) is 22.9 Å². The minimum absolute atomic E-state index is 0.0145. The van der Waals surface area contributed by atoms with Gasteiger partial charge >= 0.3 is 0 Å². The van der Waals surface area contributed by atoms with E-state index in [0.29, 0.717) is 40.4 Å². The molecule has 9 heteroatoms. The van der Waals surface area contributed by atoms with Gasteiger partial charge in [-0.25, -0.2) is 0 Å². The Kier molecular flexibility index (Phi) is 6.78. The number of ether oxygens (including phenoxy) is 1. The minimum Gasteiger partial charge on any atom is -0.503 e. The maximum absolute atomic E-state index is 13.7. The van der Waals surface area contributed by atoms with E-state index in [-0.39, 0.29) is 11.3 Å². The van der Waals surface area contributed by atoms with Crippen molar-refractivity contribution < 1.29 is 23.8 Å². The summed E-state index contributed by atoms with van der Waals surface area (Å²) in [4.78, 5) is 32.2. The van der Waals surface area contributed by atoms with E-state index in [9.17, 15) is 14.7 Å². The number of rotatable bonds is 8. The number of nitrogens with zero attached hydrogens (tertiary/aromatic N) is 3. The third kappa shape index (κ3) is 4.59. The molecular formula is C26H28ClN3O5. The molecule has 184 valence electrons. The van der Waals surface area contributed by atoms with Crippen molar-refractivity contribution >= 4 is 39.9 Å². The second-order valence-electron chi connectivity index (χ2n) is 8.92. The number of carbonyl (C=O) groups excluding carboxylic acids is 2. The number of methoxy groups -OCH3 is 1. The number of fused-ring (bicyclic) bond motifs is 1. The second-order valence-corrected chi connectivity index (χ2v) is 9.36. The van der Waals surface area contributed by atoms with Crippen LogP contribution < -0.4 is 9.64 Å². The van der Waals surface area contributed by atoms with Gasteiger partial charge in [0.05, 0.1) is 18.7 Å². The Labute approximate surface area is 208 Å². The molecule has 1 atom stereocenters. The highest BCUT2D eigenvalue weighted by molar-refractivity contribution is 6.31. The Morgan fingerprint density at radius 3 is 2.43 bits per heavy atom. The molecule has 8 nitrogen and oxygen atoms in total. The van der Waals surface area contributed by atoms with Gasteiger partial charge in [-0.3, -0.25) is 9.59 Å². The van der Waals surface area contributed by atoms with Crippen LogP contribution in [0.2, 0.25) is 5.02 Å². The molecule has 2 aromatic carbocycles. The first kappa shape index (κ1) is 24.6. The lowest BCUT2D eigenvalue weighted by molar-refractivity contribution is -0.129. The van der Waals surface area contributed by atoms with Crippen LogP contribution in [-0.2, 0) is 4.79 Å². The van der Waals surface area contributed by atoms with Gasteiger partial charge in [-0.05, 0) is 43.9 Å². The summed E-state index contributed by atoms with van der Waals surface area (Å²) >= 11 is 6.16. The molecule has 0 fully saturated rings. The molecule has 1 aliphatic heterocycles. The summed E-state index contributed by atoms with van der Waals surface area (Å²) in [5, 5.41) is 11.9. The van der Waals surface area contributed by atoms with Crippen LogP contribution in [0.4, 0.5) is 5.69 Å². The number of hydrogen-bond acceptors (Lipinski definition) is 7. The quantitative estimate of drug-likeness (QED) is 0.464. The highest BCUT2D eigenvalue weighted by Crippen LogP contribution is 2.41. The van der Waals surface area contributed by atoms with Crippen LogP contribution >= 0.6 is 11.6 Å². The average Bonchev–Trinajstić information content (AvgIpc) is 3.35. The Balaban J connectivity index is 1.80. The molecule has 1 aliphatic rings. The van der Waals surface area contributed by atoms with Crippen LogP contribution in [0.1, 0.15) is 22.2 Å². The first-order valence-electron chi connectivity index (χ1n) is 11.1. The number of hydrogen-bond donors (Lipinski definition) is 1. The van der Waals surface area contributed by atoms with E-state index in [0.717, 1.165) is 5.69 Å². The molecule has 1 unspecified atom stereocenters. The molecule has 0 aliphatic carbocycles. The number of aliphatic hydroxyl groups is 1. The van der Waals surface area contributed by atoms with Crippen molar-refractivity contribution in [1.29, 1.82) is 0 Å². The van der Waals surface area contributed by atoms with Gasteiger partial charge in [0.2, 0.25) is 5.78 Å². The monoisotopic (exact) mass is 497 g/mol. The number of amides is 1. The lowest BCUT2D eigenvalue weighted by atomic mass is 9.94. The number of likely N-dealkylation sites (N-methyl/N-ethyl adjacent to an activating group) is 1. The van der Waals surface area contributed by atoms with Crippen molar-refractivity contribution in [2.24, 2.45) is 0 Å². The second kappa shape index (κ2) is 9.64. The van der Waals surface area contributed by atoms with E-state index >= 15 is 0 Å². The van der Waals surface area contributed by atoms with Crippen LogP contribution in [0, 0.1) is 0 Å². The maximum Gasteiger partial charge on any atom is 0.290 e. The smallest absolute Gasteiger partial charge is 0.290 e. The number of halogens is 1. The summed E-state index contributed by atoms with van der Waals surface area (Å²) in [6.07, 6.45) is 0. The van der Waals surface area contributed by atoms with Crippen molar-refractivity contribution in [3.8, 4) is 5.75 Å². The SMILES string of the molecule is COc1cc(Cl)cc2cc(C(=O)C3=C(O)C(=O)N(CCN(C)C)C3c3ccc(N(C)C)cc3)oc12. The van der Waals surface area contributed by atoms with E-state index in [1.165, 1.54) is 12.0 Å². The summed E-state index contributed by atoms with van der Waals surface area (Å²) < 4.78 is 11.2. The molecule has 0 bridgehead atoms. The molecule has 0 spiro atoms. The molecule has 1 N–H and O–H groups in total. The molecule has 4 rings (SSSR count). The topological polar surface area (TPSA) is 86.5 Å².